The molecule has 0 aliphatic carbocycles. The molecule has 7 nitrogen and oxygen atoms in total. The van der Waals surface area contributed by atoms with E-state index in [1.165, 1.54) is 41.5 Å². The van der Waals surface area contributed by atoms with E-state index in [1.54, 1.807) is 25.1 Å². The molecular weight excluding hydrogens is 490 g/mol. The molecule has 0 aliphatic rings. The standard InChI is InChI=1S/C17H13F3IN5O2/c1-25(2)9-23-16(27)12-7-8-22-15-13(12)14(21)24-26(15)10-3-5-11(6-4-10)28-17(18,19)20/h3-9H,1-2H3/b23-9+. The highest BCUT2D eigenvalue weighted by atomic mass is 127. The molecule has 28 heavy (non-hydrogen) atoms. The molecule has 11 heteroatoms. The number of nitrogens with zero attached hydrogens (tertiary/aromatic N) is 5. The van der Waals surface area contributed by atoms with Gasteiger partial charge >= 0.3 is 6.36 Å². The van der Waals surface area contributed by atoms with Gasteiger partial charge in [-0.05, 0) is 52.9 Å². The number of halogens is 4. The normalized spacial score (nSPS) is 11.9. The third kappa shape index (κ3) is 4.40. The summed E-state index contributed by atoms with van der Waals surface area (Å²) in [5.41, 5.74) is 1.19. The number of hydrogen-bond donors (Lipinski definition) is 0. The molecule has 1 aromatic carbocycles. The molecule has 0 saturated carbocycles. The Bertz CT molecular complexity index is 1050. The van der Waals surface area contributed by atoms with Gasteiger partial charge in [-0.15, -0.1) is 13.2 Å². The van der Waals surface area contributed by atoms with E-state index in [1.807, 2.05) is 22.6 Å². The first-order valence-corrected chi connectivity index (χ1v) is 8.88. The number of aliphatic imine (C=N–C) groups is 1. The molecule has 0 atom stereocenters. The van der Waals surface area contributed by atoms with E-state index in [2.05, 4.69) is 19.8 Å². The Morgan fingerprint density at radius 3 is 2.54 bits per heavy atom. The highest BCUT2D eigenvalue weighted by Gasteiger charge is 2.31. The van der Waals surface area contributed by atoms with Crippen LogP contribution in [0.2, 0.25) is 0 Å². The minimum absolute atomic E-state index is 0.329. The first kappa shape index (κ1) is 20.0. The summed E-state index contributed by atoms with van der Waals surface area (Å²) in [6.45, 7) is 0. The molecule has 0 radical (unpaired) electrons. The second kappa shape index (κ2) is 7.73. The molecule has 2 heterocycles. The molecule has 2 aromatic heterocycles. The monoisotopic (exact) mass is 503 g/mol. The molecule has 0 fully saturated rings. The summed E-state index contributed by atoms with van der Waals surface area (Å²) < 4.78 is 42.8. The van der Waals surface area contributed by atoms with Gasteiger partial charge in [0.2, 0.25) is 0 Å². The van der Waals surface area contributed by atoms with Gasteiger partial charge in [-0.1, -0.05) is 0 Å². The van der Waals surface area contributed by atoms with E-state index in [9.17, 15) is 18.0 Å². The predicted molar refractivity (Wildman–Crippen MR) is 105 cm³/mol. The lowest BCUT2D eigenvalue weighted by Crippen LogP contribution is -2.17. The zero-order valence-electron chi connectivity index (χ0n) is 14.6. The Labute approximate surface area is 171 Å². The van der Waals surface area contributed by atoms with Gasteiger partial charge in [-0.3, -0.25) is 4.79 Å². The zero-order chi connectivity index (χ0) is 20.5. The Morgan fingerprint density at radius 1 is 1.25 bits per heavy atom. The van der Waals surface area contributed by atoms with Crippen LogP contribution in [0.1, 0.15) is 10.4 Å². The lowest BCUT2D eigenvalue weighted by atomic mass is 10.2. The number of fused-ring (bicyclic) bond motifs is 1. The van der Waals surface area contributed by atoms with E-state index in [-0.39, 0.29) is 5.75 Å². The molecule has 0 unspecified atom stereocenters. The van der Waals surface area contributed by atoms with Crippen LogP contribution in [0, 0.1) is 3.70 Å². The number of rotatable bonds is 4. The fourth-order valence-electron chi connectivity index (χ4n) is 2.38. The van der Waals surface area contributed by atoms with Gasteiger partial charge in [0.15, 0.2) is 5.65 Å². The van der Waals surface area contributed by atoms with E-state index < -0.39 is 12.3 Å². The van der Waals surface area contributed by atoms with Crippen molar-refractivity contribution in [3.05, 3.63) is 45.8 Å². The molecule has 1 amide bonds. The van der Waals surface area contributed by atoms with Crippen LogP contribution >= 0.6 is 22.6 Å². The number of carbonyl (C=O) groups excluding carboxylic acids is 1. The summed E-state index contributed by atoms with van der Waals surface area (Å²) in [5, 5.41) is 4.88. The molecule has 0 saturated heterocycles. The number of carbonyl (C=O) groups is 1. The van der Waals surface area contributed by atoms with Crippen molar-refractivity contribution in [3.8, 4) is 11.4 Å². The molecule has 0 N–H and O–H groups in total. The average molecular weight is 503 g/mol. The fraction of sp³-hybridized carbons (Fsp3) is 0.176. The molecule has 0 bridgehead atoms. The van der Waals surface area contributed by atoms with Crippen LogP contribution in [0.3, 0.4) is 0 Å². The quantitative estimate of drug-likeness (QED) is 0.309. The Hall–Kier alpha value is -2.70. The number of hydrogen-bond acceptors (Lipinski definition) is 4. The van der Waals surface area contributed by atoms with Crippen molar-refractivity contribution in [1.29, 1.82) is 0 Å². The van der Waals surface area contributed by atoms with E-state index in [0.717, 1.165) is 0 Å². The van der Waals surface area contributed by atoms with Crippen LogP contribution in [0.15, 0.2) is 41.5 Å². The summed E-state index contributed by atoms with van der Waals surface area (Å²) in [5.74, 6) is -0.795. The Morgan fingerprint density at radius 2 is 1.93 bits per heavy atom. The lowest BCUT2D eigenvalue weighted by Gasteiger charge is -2.09. The maximum atomic E-state index is 12.4. The van der Waals surface area contributed by atoms with Crippen molar-refractivity contribution in [1.82, 2.24) is 19.7 Å². The third-order valence-electron chi connectivity index (χ3n) is 3.48. The van der Waals surface area contributed by atoms with Crippen molar-refractivity contribution in [2.45, 2.75) is 6.36 Å². The summed E-state index contributed by atoms with van der Waals surface area (Å²) >= 11 is 1.97. The minimum Gasteiger partial charge on any atom is -0.406 e. The topological polar surface area (TPSA) is 72.6 Å². The Kier molecular flexibility index (Phi) is 5.54. The van der Waals surface area contributed by atoms with Gasteiger partial charge in [-0.2, -0.15) is 10.1 Å². The number of aromatic nitrogens is 3. The van der Waals surface area contributed by atoms with E-state index >= 15 is 0 Å². The molecule has 3 rings (SSSR count). The SMILES string of the molecule is CN(C)/C=N/C(=O)c1ccnc2c1c(I)nn2-c1ccc(OC(F)(F)F)cc1. The number of benzene rings is 1. The maximum absolute atomic E-state index is 12.4. The number of amides is 1. The molecular formula is C17H13F3IN5O2. The summed E-state index contributed by atoms with van der Waals surface area (Å²) in [4.78, 5) is 22.2. The highest BCUT2D eigenvalue weighted by molar-refractivity contribution is 14.1. The van der Waals surface area contributed by atoms with Crippen molar-refractivity contribution in [2.24, 2.45) is 4.99 Å². The van der Waals surface area contributed by atoms with Crippen molar-refractivity contribution >= 4 is 45.9 Å². The van der Waals surface area contributed by atoms with Crippen LogP contribution in [0.5, 0.6) is 5.75 Å². The van der Waals surface area contributed by atoms with E-state index in [0.29, 0.717) is 26.0 Å². The molecule has 3 aromatic rings. The number of pyridine rings is 1. The highest BCUT2D eigenvalue weighted by Crippen LogP contribution is 2.28. The van der Waals surface area contributed by atoms with Gasteiger partial charge in [0.1, 0.15) is 9.45 Å². The smallest absolute Gasteiger partial charge is 0.406 e. The number of ether oxygens (including phenoxy) is 1. The molecule has 0 aliphatic heterocycles. The average Bonchev–Trinajstić information content (AvgIpc) is 2.96. The van der Waals surface area contributed by atoms with Crippen LogP contribution in [-0.2, 0) is 0 Å². The first-order valence-electron chi connectivity index (χ1n) is 7.80. The Balaban J connectivity index is 2.02. The van der Waals surface area contributed by atoms with Crippen molar-refractivity contribution in [2.75, 3.05) is 14.1 Å². The largest absolute Gasteiger partial charge is 0.573 e. The van der Waals surface area contributed by atoms with Gasteiger partial charge in [0.25, 0.3) is 5.91 Å². The zero-order valence-corrected chi connectivity index (χ0v) is 16.8. The predicted octanol–water partition coefficient (Wildman–Crippen LogP) is 3.65. The summed E-state index contributed by atoms with van der Waals surface area (Å²) in [6, 6.07) is 6.75. The van der Waals surface area contributed by atoms with Crippen molar-refractivity contribution < 1.29 is 22.7 Å². The van der Waals surface area contributed by atoms with Crippen LogP contribution < -0.4 is 4.74 Å². The first-order chi connectivity index (χ1) is 13.2. The van der Waals surface area contributed by atoms with Gasteiger partial charge in [0, 0.05) is 20.3 Å². The van der Waals surface area contributed by atoms with Crippen LogP contribution in [-0.4, -0.2) is 52.4 Å². The third-order valence-corrected chi connectivity index (χ3v) is 4.23. The maximum Gasteiger partial charge on any atom is 0.573 e. The van der Waals surface area contributed by atoms with Crippen LogP contribution in [0.4, 0.5) is 13.2 Å². The van der Waals surface area contributed by atoms with Gasteiger partial charge in [0.05, 0.1) is 23.0 Å². The summed E-state index contributed by atoms with van der Waals surface area (Å²) in [6.07, 6.45) is -1.92. The van der Waals surface area contributed by atoms with Gasteiger partial charge in [-0.25, -0.2) is 9.67 Å². The number of alkyl halides is 3. The van der Waals surface area contributed by atoms with Crippen LogP contribution in [0.25, 0.3) is 16.7 Å². The minimum atomic E-state index is -4.76. The lowest BCUT2D eigenvalue weighted by molar-refractivity contribution is -0.274. The molecule has 0 spiro atoms. The molecule has 146 valence electrons. The second-order valence-electron chi connectivity index (χ2n) is 5.81. The van der Waals surface area contributed by atoms with E-state index in [4.69, 9.17) is 0 Å². The fourth-order valence-corrected chi connectivity index (χ4v) is 3.13. The summed E-state index contributed by atoms with van der Waals surface area (Å²) in [7, 11) is 3.49. The second-order valence-corrected chi connectivity index (χ2v) is 6.84. The van der Waals surface area contributed by atoms with Gasteiger partial charge < -0.3 is 9.64 Å². The van der Waals surface area contributed by atoms with Crippen molar-refractivity contribution in [3.63, 3.8) is 0 Å².